The summed E-state index contributed by atoms with van der Waals surface area (Å²) in [5, 5.41) is 9.68. The van der Waals surface area contributed by atoms with Gasteiger partial charge in [-0.05, 0) is 31.2 Å². The zero-order valence-corrected chi connectivity index (χ0v) is 11.8. The van der Waals surface area contributed by atoms with E-state index in [4.69, 9.17) is 5.26 Å². The Kier molecular flexibility index (Phi) is 3.72. The highest BCUT2D eigenvalue weighted by Gasteiger charge is 2.15. The lowest BCUT2D eigenvalue weighted by atomic mass is 9.99. The van der Waals surface area contributed by atoms with Crippen LogP contribution >= 0.6 is 11.8 Å². The van der Waals surface area contributed by atoms with E-state index in [0.29, 0.717) is 10.9 Å². The molecular formula is C14H13N3OS. The zero-order valence-electron chi connectivity index (χ0n) is 10.9. The molecule has 0 aliphatic rings. The van der Waals surface area contributed by atoms with Crippen molar-refractivity contribution in [3.63, 3.8) is 0 Å². The van der Waals surface area contributed by atoms with Crippen molar-refractivity contribution >= 4 is 11.8 Å². The fourth-order valence-electron chi connectivity index (χ4n) is 1.86. The highest BCUT2D eigenvalue weighted by atomic mass is 32.2. The van der Waals surface area contributed by atoms with Gasteiger partial charge in [0.25, 0.3) is 5.56 Å². The number of H-pyrrole nitrogens is 1. The highest BCUT2D eigenvalue weighted by Crippen LogP contribution is 2.26. The molecule has 2 aromatic rings. The molecule has 0 amide bonds. The summed E-state index contributed by atoms with van der Waals surface area (Å²) in [6, 6.07) is 7.73. The summed E-state index contributed by atoms with van der Waals surface area (Å²) in [6.07, 6.45) is 1.83. The minimum Gasteiger partial charge on any atom is -0.300 e. The Morgan fingerprint density at radius 2 is 2.11 bits per heavy atom. The van der Waals surface area contributed by atoms with Gasteiger partial charge < -0.3 is 4.98 Å². The van der Waals surface area contributed by atoms with Crippen LogP contribution in [0, 0.1) is 25.2 Å². The van der Waals surface area contributed by atoms with Gasteiger partial charge in [0.15, 0.2) is 5.16 Å². The first-order chi connectivity index (χ1) is 9.08. The van der Waals surface area contributed by atoms with Gasteiger partial charge in [-0.2, -0.15) is 5.26 Å². The van der Waals surface area contributed by atoms with Gasteiger partial charge in [-0.1, -0.05) is 30.0 Å². The van der Waals surface area contributed by atoms with Crippen LogP contribution in [0.15, 0.2) is 28.2 Å². The lowest BCUT2D eigenvalue weighted by Crippen LogP contribution is -2.15. The summed E-state index contributed by atoms with van der Waals surface area (Å²) >= 11 is 1.34. The maximum Gasteiger partial charge on any atom is 0.270 e. The summed E-state index contributed by atoms with van der Waals surface area (Å²) in [4.78, 5) is 18.9. The largest absolute Gasteiger partial charge is 0.300 e. The molecule has 5 heteroatoms. The second-order valence-corrected chi connectivity index (χ2v) is 4.95. The predicted octanol–water partition coefficient (Wildman–Crippen LogP) is 2.65. The third-order valence-electron chi connectivity index (χ3n) is 3.06. The predicted molar refractivity (Wildman–Crippen MR) is 76.3 cm³/mol. The van der Waals surface area contributed by atoms with E-state index in [1.807, 2.05) is 44.4 Å². The molecule has 1 aromatic carbocycles. The maximum absolute atomic E-state index is 11.9. The SMILES string of the molecule is CSc1nc(-c2cccc(C)c2C)c(C#N)c(=O)[nH]1. The maximum atomic E-state index is 11.9. The number of rotatable bonds is 2. The molecule has 0 atom stereocenters. The van der Waals surface area contributed by atoms with Gasteiger partial charge in [0, 0.05) is 5.56 Å². The number of thioether (sulfide) groups is 1. The fraction of sp³-hybridized carbons (Fsp3) is 0.214. The van der Waals surface area contributed by atoms with Crippen molar-refractivity contribution in [3.8, 4) is 17.3 Å². The fourth-order valence-corrected chi connectivity index (χ4v) is 2.23. The standard InChI is InChI=1S/C14H13N3OS/c1-8-5-4-6-10(9(8)2)12-11(7-15)13(18)17-14(16-12)19-3/h4-6H,1-3H3,(H,16,17,18). The molecule has 4 nitrogen and oxygen atoms in total. The lowest BCUT2D eigenvalue weighted by molar-refractivity contribution is 0.936. The molecule has 0 aliphatic heterocycles. The molecule has 1 N–H and O–H groups in total. The van der Waals surface area contributed by atoms with E-state index in [1.165, 1.54) is 11.8 Å². The molecule has 0 saturated heterocycles. The van der Waals surface area contributed by atoms with Crippen LogP contribution < -0.4 is 5.56 Å². The van der Waals surface area contributed by atoms with E-state index in [9.17, 15) is 4.79 Å². The Morgan fingerprint density at radius 1 is 1.37 bits per heavy atom. The Morgan fingerprint density at radius 3 is 2.74 bits per heavy atom. The van der Waals surface area contributed by atoms with Crippen molar-refractivity contribution in [2.45, 2.75) is 19.0 Å². The van der Waals surface area contributed by atoms with Crippen LogP contribution in [0.1, 0.15) is 16.7 Å². The second kappa shape index (κ2) is 5.29. The Hall–Kier alpha value is -2.06. The van der Waals surface area contributed by atoms with Crippen molar-refractivity contribution in [1.29, 1.82) is 5.26 Å². The van der Waals surface area contributed by atoms with E-state index in [-0.39, 0.29) is 5.56 Å². The normalized spacial score (nSPS) is 10.2. The van der Waals surface area contributed by atoms with E-state index in [2.05, 4.69) is 9.97 Å². The van der Waals surface area contributed by atoms with Crippen molar-refractivity contribution in [2.24, 2.45) is 0 Å². The van der Waals surface area contributed by atoms with E-state index < -0.39 is 5.56 Å². The van der Waals surface area contributed by atoms with E-state index in [1.54, 1.807) is 0 Å². The average molecular weight is 271 g/mol. The van der Waals surface area contributed by atoms with E-state index in [0.717, 1.165) is 16.7 Å². The summed E-state index contributed by atoms with van der Waals surface area (Å²) in [5.74, 6) is 0. The summed E-state index contributed by atoms with van der Waals surface area (Å²) in [7, 11) is 0. The van der Waals surface area contributed by atoms with Crippen molar-refractivity contribution in [3.05, 3.63) is 45.2 Å². The third-order valence-corrected chi connectivity index (χ3v) is 3.64. The van der Waals surface area contributed by atoms with Gasteiger partial charge in [-0.15, -0.1) is 0 Å². The number of aromatic nitrogens is 2. The Balaban J connectivity index is 2.81. The minimum absolute atomic E-state index is 0.0616. The Labute approximate surface area is 115 Å². The summed E-state index contributed by atoms with van der Waals surface area (Å²) in [5.41, 5.74) is 3.09. The molecule has 19 heavy (non-hydrogen) atoms. The van der Waals surface area contributed by atoms with E-state index >= 15 is 0 Å². The van der Waals surface area contributed by atoms with Gasteiger partial charge in [-0.25, -0.2) is 4.98 Å². The highest BCUT2D eigenvalue weighted by molar-refractivity contribution is 7.98. The third kappa shape index (κ3) is 2.40. The molecule has 0 bridgehead atoms. The smallest absolute Gasteiger partial charge is 0.270 e. The average Bonchev–Trinajstić information content (AvgIpc) is 2.41. The van der Waals surface area contributed by atoms with Crippen LogP contribution in [0.3, 0.4) is 0 Å². The first-order valence-electron chi connectivity index (χ1n) is 5.73. The van der Waals surface area contributed by atoms with Crippen LogP contribution in [-0.4, -0.2) is 16.2 Å². The number of aromatic amines is 1. The molecule has 0 unspecified atom stereocenters. The topological polar surface area (TPSA) is 69.5 Å². The van der Waals surface area contributed by atoms with Crippen LogP contribution in [0.25, 0.3) is 11.3 Å². The van der Waals surface area contributed by atoms with Crippen molar-refractivity contribution in [1.82, 2.24) is 9.97 Å². The van der Waals surface area contributed by atoms with Crippen LogP contribution in [0.5, 0.6) is 0 Å². The van der Waals surface area contributed by atoms with Crippen molar-refractivity contribution < 1.29 is 0 Å². The molecule has 0 radical (unpaired) electrons. The first-order valence-corrected chi connectivity index (χ1v) is 6.96. The molecule has 96 valence electrons. The van der Waals surface area contributed by atoms with Gasteiger partial charge in [0.2, 0.25) is 0 Å². The van der Waals surface area contributed by atoms with Crippen molar-refractivity contribution in [2.75, 3.05) is 6.26 Å². The molecule has 0 aliphatic carbocycles. The number of nitriles is 1. The molecule has 1 aromatic heterocycles. The molecule has 1 heterocycles. The first kappa shape index (κ1) is 13.4. The number of hydrogen-bond donors (Lipinski definition) is 1. The number of aryl methyl sites for hydroxylation is 1. The molecule has 2 rings (SSSR count). The number of benzene rings is 1. The second-order valence-electron chi connectivity index (χ2n) is 4.16. The van der Waals surface area contributed by atoms with Crippen LogP contribution in [0.4, 0.5) is 0 Å². The summed E-state index contributed by atoms with van der Waals surface area (Å²) in [6.45, 7) is 3.96. The molecule has 0 spiro atoms. The number of nitrogens with zero attached hydrogens (tertiary/aromatic N) is 2. The quantitative estimate of drug-likeness (QED) is 0.673. The molecule has 0 fully saturated rings. The van der Waals surface area contributed by atoms with Crippen LogP contribution in [-0.2, 0) is 0 Å². The van der Waals surface area contributed by atoms with Crippen LogP contribution in [0.2, 0.25) is 0 Å². The monoisotopic (exact) mass is 271 g/mol. The number of hydrogen-bond acceptors (Lipinski definition) is 4. The zero-order chi connectivity index (χ0) is 14.0. The number of nitrogens with one attached hydrogen (secondary N) is 1. The summed E-state index contributed by atoms with van der Waals surface area (Å²) < 4.78 is 0. The van der Waals surface area contributed by atoms with Gasteiger partial charge in [-0.3, -0.25) is 4.79 Å². The molecular weight excluding hydrogens is 258 g/mol. The van der Waals surface area contributed by atoms with Gasteiger partial charge >= 0.3 is 0 Å². The Bertz CT molecular complexity index is 728. The van der Waals surface area contributed by atoms with Gasteiger partial charge in [0.05, 0.1) is 5.69 Å². The minimum atomic E-state index is -0.391. The lowest BCUT2D eigenvalue weighted by Gasteiger charge is -2.09. The van der Waals surface area contributed by atoms with Gasteiger partial charge in [0.1, 0.15) is 11.6 Å². The molecule has 0 saturated carbocycles.